The maximum Gasteiger partial charge on any atom is 0.338 e. The lowest BCUT2D eigenvalue weighted by Gasteiger charge is -2.33. The van der Waals surface area contributed by atoms with Crippen LogP contribution in [-0.2, 0) is 19.4 Å². The molecular formula is C18H23NO6S. The molecule has 0 aromatic heterocycles. The van der Waals surface area contributed by atoms with Crippen molar-refractivity contribution in [2.75, 3.05) is 18.1 Å². The van der Waals surface area contributed by atoms with Crippen LogP contribution in [0.3, 0.4) is 0 Å². The lowest BCUT2D eigenvalue weighted by molar-refractivity contribution is -0.139. The molecule has 2 aliphatic rings. The van der Waals surface area contributed by atoms with E-state index in [4.69, 9.17) is 4.74 Å². The second-order valence-electron chi connectivity index (χ2n) is 6.92. The first-order valence-corrected chi connectivity index (χ1v) is 10.7. The van der Waals surface area contributed by atoms with E-state index in [1.807, 2.05) is 0 Å². The van der Waals surface area contributed by atoms with Gasteiger partial charge in [-0.2, -0.15) is 0 Å². The average molecular weight is 381 g/mol. The average Bonchev–Trinajstić information content (AvgIpc) is 3.23. The van der Waals surface area contributed by atoms with Crippen molar-refractivity contribution in [3.63, 3.8) is 0 Å². The quantitative estimate of drug-likeness (QED) is 0.776. The highest BCUT2D eigenvalue weighted by Gasteiger charge is 2.39. The highest BCUT2D eigenvalue weighted by molar-refractivity contribution is 7.91. The smallest absolute Gasteiger partial charge is 0.338 e. The fourth-order valence-corrected chi connectivity index (χ4v) is 5.51. The second kappa shape index (κ2) is 7.65. The Kier molecular flexibility index (Phi) is 5.50. The molecule has 142 valence electrons. The van der Waals surface area contributed by atoms with Crippen LogP contribution in [0, 0.1) is 0 Å². The van der Waals surface area contributed by atoms with Gasteiger partial charge in [0.1, 0.15) is 5.75 Å². The largest absolute Gasteiger partial charge is 0.508 e. The summed E-state index contributed by atoms with van der Waals surface area (Å²) in [4.78, 5) is 26.5. The zero-order valence-electron chi connectivity index (χ0n) is 14.5. The van der Waals surface area contributed by atoms with Gasteiger partial charge in [0.25, 0.3) is 5.91 Å². The lowest BCUT2D eigenvalue weighted by Crippen LogP contribution is -2.48. The molecule has 0 radical (unpaired) electrons. The highest BCUT2D eigenvalue weighted by atomic mass is 32.2. The first kappa shape index (κ1) is 18.7. The molecule has 1 aliphatic heterocycles. The number of hydrogen-bond acceptors (Lipinski definition) is 6. The number of rotatable bonds is 5. The molecule has 26 heavy (non-hydrogen) atoms. The van der Waals surface area contributed by atoms with Crippen molar-refractivity contribution in [1.82, 2.24) is 4.90 Å². The Bertz CT molecular complexity index is 785. The van der Waals surface area contributed by atoms with E-state index in [9.17, 15) is 23.1 Å². The Morgan fingerprint density at radius 2 is 1.88 bits per heavy atom. The van der Waals surface area contributed by atoms with Gasteiger partial charge in [-0.05, 0) is 37.5 Å². The minimum atomic E-state index is -3.11. The van der Waals surface area contributed by atoms with Crippen molar-refractivity contribution in [3.8, 4) is 5.75 Å². The number of esters is 1. The molecule has 1 aromatic carbocycles. The summed E-state index contributed by atoms with van der Waals surface area (Å²) >= 11 is 0. The van der Waals surface area contributed by atoms with Crippen LogP contribution >= 0.6 is 0 Å². The van der Waals surface area contributed by atoms with Gasteiger partial charge in [0, 0.05) is 12.1 Å². The topological polar surface area (TPSA) is 101 Å². The summed E-state index contributed by atoms with van der Waals surface area (Å²) in [7, 11) is -3.11. The zero-order valence-corrected chi connectivity index (χ0v) is 15.3. The fourth-order valence-electron chi connectivity index (χ4n) is 3.80. The van der Waals surface area contributed by atoms with Crippen LogP contribution in [0.4, 0.5) is 0 Å². The standard InChI is InChI=1S/C18H23NO6S/c20-16-7-3-4-13(10-16)18(22)25-11-17(21)19(14-5-1-2-6-14)15-8-9-26(23,24)12-15/h3-4,7,10,14-15,20H,1-2,5-6,8-9,11-12H2/t15-/m1/s1. The summed E-state index contributed by atoms with van der Waals surface area (Å²) in [5.41, 5.74) is 0.161. The Balaban J connectivity index is 1.66. The van der Waals surface area contributed by atoms with Gasteiger partial charge < -0.3 is 14.7 Å². The number of ether oxygens (including phenoxy) is 1. The van der Waals surface area contributed by atoms with Gasteiger partial charge in [0.15, 0.2) is 16.4 Å². The molecular weight excluding hydrogens is 358 g/mol. The second-order valence-corrected chi connectivity index (χ2v) is 9.15. The van der Waals surface area contributed by atoms with Gasteiger partial charge in [-0.3, -0.25) is 4.79 Å². The molecule has 3 rings (SSSR count). The van der Waals surface area contributed by atoms with Crippen LogP contribution in [0.5, 0.6) is 5.75 Å². The first-order chi connectivity index (χ1) is 12.4. The molecule has 0 bridgehead atoms. The summed E-state index contributed by atoms with van der Waals surface area (Å²) in [6.07, 6.45) is 4.16. The monoisotopic (exact) mass is 381 g/mol. The SMILES string of the molecule is O=C(OCC(=O)N(C1CCCC1)[C@@H]1CCS(=O)(=O)C1)c1cccc(O)c1. The Morgan fingerprint density at radius 1 is 1.15 bits per heavy atom. The van der Waals surface area contributed by atoms with Crippen molar-refractivity contribution < 1.29 is 27.9 Å². The van der Waals surface area contributed by atoms with Gasteiger partial charge in [-0.1, -0.05) is 18.9 Å². The summed E-state index contributed by atoms with van der Waals surface area (Å²) in [6, 6.07) is 5.39. The van der Waals surface area contributed by atoms with Gasteiger partial charge in [0.05, 0.1) is 17.1 Å². The Morgan fingerprint density at radius 3 is 2.50 bits per heavy atom. The minimum Gasteiger partial charge on any atom is -0.508 e. The normalized spacial score (nSPS) is 22.2. The maximum atomic E-state index is 12.7. The lowest BCUT2D eigenvalue weighted by atomic mass is 10.1. The first-order valence-electron chi connectivity index (χ1n) is 8.83. The molecule has 1 amide bonds. The fraction of sp³-hybridized carbons (Fsp3) is 0.556. The summed E-state index contributed by atoms with van der Waals surface area (Å²) in [5, 5.41) is 9.42. The maximum absolute atomic E-state index is 12.7. The minimum absolute atomic E-state index is 0.0141. The molecule has 8 heteroatoms. The van der Waals surface area contributed by atoms with Crippen LogP contribution in [0.2, 0.25) is 0 Å². The van der Waals surface area contributed by atoms with Crippen molar-refractivity contribution in [2.45, 2.75) is 44.2 Å². The van der Waals surface area contributed by atoms with Crippen LogP contribution in [-0.4, -0.2) is 60.5 Å². The molecule has 1 atom stereocenters. The van der Waals surface area contributed by atoms with Gasteiger partial charge >= 0.3 is 5.97 Å². The van der Waals surface area contributed by atoms with E-state index < -0.39 is 22.4 Å². The number of carbonyl (C=O) groups is 2. The van der Waals surface area contributed by atoms with E-state index in [1.54, 1.807) is 4.90 Å². The number of phenolic OH excluding ortho intramolecular Hbond substituents is 1. The Hall–Kier alpha value is -2.09. The number of sulfone groups is 1. The van der Waals surface area contributed by atoms with Gasteiger partial charge in [-0.25, -0.2) is 13.2 Å². The van der Waals surface area contributed by atoms with E-state index in [0.717, 1.165) is 25.7 Å². The molecule has 0 unspecified atom stereocenters. The predicted molar refractivity (Wildman–Crippen MR) is 94.6 cm³/mol. The molecule has 1 saturated heterocycles. The van der Waals surface area contributed by atoms with Crippen LogP contribution in [0.25, 0.3) is 0 Å². The molecule has 2 fully saturated rings. The molecule has 1 aliphatic carbocycles. The van der Waals surface area contributed by atoms with Crippen molar-refractivity contribution in [1.29, 1.82) is 0 Å². The van der Waals surface area contributed by atoms with E-state index in [-0.39, 0.29) is 40.8 Å². The third kappa shape index (κ3) is 4.35. The zero-order chi connectivity index (χ0) is 18.7. The third-order valence-corrected chi connectivity index (χ3v) is 6.77. The highest BCUT2D eigenvalue weighted by Crippen LogP contribution is 2.29. The van der Waals surface area contributed by atoms with E-state index >= 15 is 0 Å². The summed E-state index contributed by atoms with van der Waals surface area (Å²) in [6.45, 7) is -0.429. The number of carbonyl (C=O) groups excluding carboxylic acids is 2. The predicted octanol–water partition coefficient (Wildman–Crippen LogP) is 1.51. The van der Waals surface area contributed by atoms with Crippen molar-refractivity contribution >= 4 is 21.7 Å². The number of phenols is 1. The summed E-state index contributed by atoms with van der Waals surface area (Å²) < 4.78 is 28.7. The molecule has 1 saturated carbocycles. The number of aromatic hydroxyl groups is 1. The molecule has 0 spiro atoms. The molecule has 7 nitrogen and oxygen atoms in total. The van der Waals surface area contributed by atoms with E-state index in [1.165, 1.54) is 24.3 Å². The van der Waals surface area contributed by atoms with Crippen molar-refractivity contribution in [2.24, 2.45) is 0 Å². The number of amides is 1. The van der Waals surface area contributed by atoms with E-state index in [2.05, 4.69) is 0 Å². The van der Waals surface area contributed by atoms with Gasteiger partial charge in [0.2, 0.25) is 0 Å². The molecule has 1 N–H and O–H groups in total. The molecule has 1 heterocycles. The Labute approximate surface area is 152 Å². The van der Waals surface area contributed by atoms with E-state index in [0.29, 0.717) is 6.42 Å². The number of benzene rings is 1. The summed E-state index contributed by atoms with van der Waals surface area (Å²) in [5.74, 6) is -1.03. The molecule has 1 aromatic rings. The number of hydrogen-bond donors (Lipinski definition) is 1. The van der Waals surface area contributed by atoms with Gasteiger partial charge in [-0.15, -0.1) is 0 Å². The van der Waals surface area contributed by atoms with Crippen LogP contribution in [0.15, 0.2) is 24.3 Å². The van der Waals surface area contributed by atoms with Crippen LogP contribution in [0.1, 0.15) is 42.5 Å². The van der Waals surface area contributed by atoms with Crippen LogP contribution < -0.4 is 0 Å². The number of nitrogens with zero attached hydrogens (tertiary/aromatic N) is 1. The van der Waals surface area contributed by atoms with Crippen molar-refractivity contribution in [3.05, 3.63) is 29.8 Å². The third-order valence-electron chi connectivity index (χ3n) is 5.02.